The number of allylic oxidation sites excluding steroid dienone is 6. The molecule has 3 nitrogen and oxygen atoms in total. The van der Waals surface area contributed by atoms with Crippen LogP contribution in [0.4, 0.5) is 18.9 Å². The summed E-state index contributed by atoms with van der Waals surface area (Å²) < 4.78 is 38.0. The Kier molecular flexibility index (Phi) is 6.07. The molecule has 0 amide bonds. The first-order valence-corrected chi connectivity index (χ1v) is 9.39. The Balaban J connectivity index is 2.45. The van der Waals surface area contributed by atoms with Gasteiger partial charge in [0, 0.05) is 11.1 Å². The van der Waals surface area contributed by atoms with Gasteiger partial charge in [-0.15, -0.1) is 0 Å². The fourth-order valence-corrected chi connectivity index (χ4v) is 2.86. The smallest absolute Gasteiger partial charge is 0.289 e. The van der Waals surface area contributed by atoms with Gasteiger partial charge in [0.2, 0.25) is 0 Å². The number of hydrogen-bond acceptors (Lipinski definition) is 3. The van der Waals surface area contributed by atoms with Crippen LogP contribution < -0.4 is 0 Å². The lowest BCUT2D eigenvalue weighted by atomic mass is 9.72. The highest BCUT2D eigenvalue weighted by molar-refractivity contribution is 6.11. The zero-order valence-electron chi connectivity index (χ0n) is 17.9. The highest BCUT2D eigenvalue weighted by Gasteiger charge is 2.34. The molecule has 2 rings (SSSR count). The van der Waals surface area contributed by atoms with E-state index in [0.717, 1.165) is 17.7 Å². The van der Waals surface area contributed by atoms with E-state index < -0.39 is 11.7 Å². The van der Waals surface area contributed by atoms with E-state index >= 15 is 0 Å². The quantitative estimate of drug-likeness (QED) is 0.468. The van der Waals surface area contributed by atoms with Gasteiger partial charge in [0.05, 0.1) is 16.9 Å². The van der Waals surface area contributed by atoms with Gasteiger partial charge in [-0.2, -0.15) is 23.4 Å². The number of ketones is 1. The Morgan fingerprint density at radius 1 is 0.828 bits per heavy atom. The first-order valence-electron chi connectivity index (χ1n) is 9.39. The van der Waals surface area contributed by atoms with Gasteiger partial charge in [0.15, 0.2) is 5.78 Å². The lowest BCUT2D eigenvalue weighted by Crippen LogP contribution is -2.28. The summed E-state index contributed by atoms with van der Waals surface area (Å²) >= 11 is 0. The van der Waals surface area contributed by atoms with Crippen molar-refractivity contribution in [3.05, 3.63) is 64.4 Å². The molecule has 1 aliphatic carbocycles. The molecule has 0 N–H and O–H groups in total. The average molecular weight is 404 g/mol. The molecule has 0 aromatic heterocycles. The second-order valence-electron chi connectivity index (χ2n) is 9.23. The van der Waals surface area contributed by atoms with Gasteiger partial charge in [-0.1, -0.05) is 41.5 Å². The predicted molar refractivity (Wildman–Crippen MR) is 109 cm³/mol. The minimum absolute atomic E-state index is 0.0289. The van der Waals surface area contributed by atoms with E-state index in [1.807, 2.05) is 53.7 Å². The second kappa shape index (κ2) is 7.73. The third-order valence-corrected chi connectivity index (χ3v) is 4.63. The summed E-state index contributed by atoms with van der Waals surface area (Å²) in [5.41, 5.74) is 1.68. The minimum Gasteiger partial charge on any atom is -0.289 e. The standard InChI is InChI=1S/C23H27F3N2O/c1-14(27-28-17-10-8-16(9-11-17)23(24,25)26)15-12-18(21(2,3)4)20(29)19(13-15)22(5,6)7/h8-13H,1-7H3. The maximum Gasteiger partial charge on any atom is 0.416 e. The number of carbonyl (C=O) groups excluding carboxylic acids is 1. The predicted octanol–water partition coefficient (Wildman–Crippen LogP) is 7.59. The van der Waals surface area contributed by atoms with Crippen molar-refractivity contribution < 1.29 is 18.0 Å². The third kappa shape index (κ3) is 5.52. The monoisotopic (exact) mass is 404 g/mol. The van der Waals surface area contributed by atoms with Gasteiger partial charge >= 0.3 is 6.18 Å². The molecular weight excluding hydrogens is 377 g/mol. The first kappa shape index (κ1) is 22.8. The largest absolute Gasteiger partial charge is 0.416 e. The van der Waals surface area contributed by atoms with Crippen LogP contribution in [-0.2, 0) is 11.0 Å². The Labute approximate surface area is 170 Å². The summed E-state index contributed by atoms with van der Waals surface area (Å²) in [5, 5.41) is 8.25. The van der Waals surface area contributed by atoms with Crippen LogP contribution in [0.3, 0.4) is 0 Å². The van der Waals surface area contributed by atoms with E-state index in [1.54, 1.807) is 6.92 Å². The molecule has 1 aromatic rings. The summed E-state index contributed by atoms with van der Waals surface area (Å²) in [6.45, 7) is 13.7. The molecule has 0 heterocycles. The fraction of sp³-hybridized carbons (Fsp3) is 0.435. The number of Topliss-reactive ketones (excluding diaryl/α,β-unsaturated/α-hetero) is 1. The summed E-state index contributed by atoms with van der Waals surface area (Å²) in [5.74, 6) is 0.0289. The van der Waals surface area contributed by atoms with Crippen LogP contribution in [0.2, 0.25) is 0 Å². The number of carbonyl (C=O) groups is 1. The van der Waals surface area contributed by atoms with Gasteiger partial charge in [-0.25, -0.2) is 0 Å². The molecule has 0 bridgehead atoms. The summed E-state index contributed by atoms with van der Waals surface area (Å²) in [6.07, 6.45) is -0.720. The molecule has 6 heteroatoms. The van der Waals surface area contributed by atoms with Crippen molar-refractivity contribution in [2.75, 3.05) is 0 Å². The molecular formula is C23H27F3N2O. The van der Waals surface area contributed by atoms with E-state index in [-0.39, 0.29) is 16.6 Å². The van der Waals surface area contributed by atoms with E-state index in [9.17, 15) is 18.0 Å². The average Bonchev–Trinajstić information content (AvgIpc) is 2.57. The van der Waals surface area contributed by atoms with Gasteiger partial charge in [-0.05, 0) is 59.7 Å². The number of hydrogen-bond donors (Lipinski definition) is 0. The van der Waals surface area contributed by atoms with Crippen molar-refractivity contribution >= 4 is 11.5 Å². The highest BCUT2D eigenvalue weighted by atomic mass is 19.4. The van der Waals surface area contributed by atoms with Gasteiger partial charge in [0.25, 0.3) is 0 Å². The molecule has 0 saturated carbocycles. The molecule has 1 aromatic carbocycles. The molecule has 0 spiro atoms. The molecule has 0 fully saturated rings. The van der Waals surface area contributed by atoms with Crippen LogP contribution in [0.1, 0.15) is 54.0 Å². The minimum atomic E-state index is -4.38. The third-order valence-electron chi connectivity index (χ3n) is 4.63. The van der Waals surface area contributed by atoms with E-state index in [1.165, 1.54) is 12.1 Å². The maximum atomic E-state index is 13.0. The number of nitrogens with zero attached hydrogens (tertiary/aromatic N) is 2. The molecule has 156 valence electrons. The van der Waals surface area contributed by atoms with E-state index in [0.29, 0.717) is 22.5 Å². The van der Waals surface area contributed by atoms with Crippen LogP contribution in [-0.4, -0.2) is 5.78 Å². The molecule has 29 heavy (non-hydrogen) atoms. The lowest BCUT2D eigenvalue weighted by molar-refractivity contribution is -0.137. The number of alkyl halides is 3. The highest BCUT2D eigenvalue weighted by Crippen LogP contribution is 2.39. The molecule has 1 aliphatic rings. The Hall–Kier alpha value is -2.50. The maximum absolute atomic E-state index is 13.0. The normalized spacial score (nSPS) is 16.2. The lowest BCUT2D eigenvalue weighted by Gasteiger charge is -2.31. The number of benzene rings is 1. The second-order valence-corrected chi connectivity index (χ2v) is 9.23. The molecule has 0 aliphatic heterocycles. The van der Waals surface area contributed by atoms with Crippen LogP contribution in [0.5, 0.6) is 0 Å². The number of rotatable bonds is 2. The SMILES string of the molecule is CC(N=Nc1ccc(C(F)(F)F)cc1)=C1C=C(C(C)(C)C)C(=O)C(C(C)(C)C)=C1. The molecule has 0 saturated heterocycles. The van der Waals surface area contributed by atoms with Crippen molar-refractivity contribution in [3.8, 4) is 0 Å². The topological polar surface area (TPSA) is 41.8 Å². The number of azo groups is 1. The summed E-state index contributed by atoms with van der Waals surface area (Å²) in [7, 11) is 0. The van der Waals surface area contributed by atoms with Crippen molar-refractivity contribution in [3.63, 3.8) is 0 Å². The van der Waals surface area contributed by atoms with Crippen LogP contribution >= 0.6 is 0 Å². The van der Waals surface area contributed by atoms with Crippen molar-refractivity contribution in [2.24, 2.45) is 21.1 Å². The molecule has 0 radical (unpaired) electrons. The van der Waals surface area contributed by atoms with Crippen LogP contribution in [0, 0.1) is 10.8 Å². The summed E-state index contributed by atoms with van der Waals surface area (Å²) in [6, 6.07) is 4.51. The van der Waals surface area contributed by atoms with Crippen molar-refractivity contribution in [2.45, 2.75) is 54.6 Å². The first-order chi connectivity index (χ1) is 13.1. The number of halogens is 3. The van der Waals surface area contributed by atoms with E-state index in [4.69, 9.17) is 0 Å². The summed E-state index contributed by atoms with van der Waals surface area (Å²) in [4.78, 5) is 13.0. The zero-order valence-corrected chi connectivity index (χ0v) is 17.9. The molecule has 0 atom stereocenters. The van der Waals surface area contributed by atoms with Crippen molar-refractivity contribution in [1.82, 2.24) is 0 Å². The Bertz CT molecular complexity index is 881. The van der Waals surface area contributed by atoms with Crippen LogP contribution in [0.15, 0.2) is 69.1 Å². The van der Waals surface area contributed by atoms with Gasteiger partial charge < -0.3 is 0 Å². The Morgan fingerprint density at radius 3 is 1.66 bits per heavy atom. The van der Waals surface area contributed by atoms with Gasteiger partial charge in [0.1, 0.15) is 0 Å². The van der Waals surface area contributed by atoms with Crippen molar-refractivity contribution in [1.29, 1.82) is 0 Å². The Morgan fingerprint density at radius 2 is 1.28 bits per heavy atom. The van der Waals surface area contributed by atoms with E-state index in [2.05, 4.69) is 10.2 Å². The zero-order chi connectivity index (χ0) is 22.2. The van der Waals surface area contributed by atoms with Gasteiger partial charge in [-0.3, -0.25) is 4.79 Å². The fourth-order valence-electron chi connectivity index (χ4n) is 2.86. The van der Waals surface area contributed by atoms with Crippen LogP contribution in [0.25, 0.3) is 0 Å². The molecule has 0 unspecified atom stereocenters.